The lowest BCUT2D eigenvalue weighted by Gasteiger charge is -1.79. The second-order valence-corrected chi connectivity index (χ2v) is 3.80. The van der Waals surface area contributed by atoms with E-state index in [0.29, 0.717) is 0 Å². The lowest BCUT2D eigenvalue weighted by molar-refractivity contribution is -0.151. The molecule has 3 heteroatoms. The summed E-state index contributed by atoms with van der Waals surface area (Å²) < 4.78 is 4.08. The van der Waals surface area contributed by atoms with Gasteiger partial charge in [-0.1, -0.05) is 36.5 Å². The molecule has 0 aromatic heterocycles. The zero-order valence-corrected chi connectivity index (χ0v) is 17.3. The Balaban J connectivity index is -0.0000000444. The van der Waals surface area contributed by atoms with E-state index in [1.165, 1.54) is 0 Å². The van der Waals surface area contributed by atoms with Crippen LogP contribution in [-0.2, 0) is 14.3 Å². The average molecular weight is 353 g/mol. The highest BCUT2D eigenvalue weighted by Gasteiger charge is 2.19. The molecular formula is C22H40O3. The highest BCUT2D eigenvalue weighted by atomic mass is 16.6. The normalized spacial score (nSPS) is 8.72. The van der Waals surface area contributed by atoms with Crippen molar-refractivity contribution < 1.29 is 14.3 Å². The van der Waals surface area contributed by atoms with Crippen LogP contribution in [0.1, 0.15) is 54.4 Å². The summed E-state index contributed by atoms with van der Waals surface area (Å²) in [6.45, 7) is 31.5. The van der Waals surface area contributed by atoms with Crippen LogP contribution < -0.4 is 0 Å². The standard InChI is InChI=1S/C4H4O3.6C3H6/c5-3-1-2-4(6)7-3;6*1-3-2/h1-2H2;6*3H,1H2,2H3. The lowest BCUT2D eigenvalue weighted by Crippen LogP contribution is -1.94. The maximum absolute atomic E-state index is 10.0. The van der Waals surface area contributed by atoms with Gasteiger partial charge in [0.2, 0.25) is 0 Å². The fraction of sp³-hybridized carbons (Fsp3) is 0.364. The largest absolute Gasteiger partial charge is 0.393 e. The van der Waals surface area contributed by atoms with Crippen molar-refractivity contribution in [1.82, 2.24) is 0 Å². The van der Waals surface area contributed by atoms with Crippen molar-refractivity contribution in [3.8, 4) is 0 Å². The van der Waals surface area contributed by atoms with E-state index in [1.807, 2.05) is 41.5 Å². The van der Waals surface area contributed by atoms with Crippen molar-refractivity contribution in [2.45, 2.75) is 54.4 Å². The first kappa shape index (κ1) is 38.3. The quantitative estimate of drug-likeness (QED) is 0.268. The molecule has 0 bridgehead atoms. The summed E-state index contributed by atoms with van der Waals surface area (Å²) in [7, 11) is 0. The smallest absolute Gasteiger partial charge is 0.314 e. The van der Waals surface area contributed by atoms with Gasteiger partial charge in [0.15, 0.2) is 0 Å². The third-order valence-electron chi connectivity index (χ3n) is 0.761. The van der Waals surface area contributed by atoms with Gasteiger partial charge in [-0.05, 0) is 41.5 Å². The molecule has 0 N–H and O–H groups in total. The van der Waals surface area contributed by atoms with Crippen LogP contribution in [0.4, 0.5) is 0 Å². The van der Waals surface area contributed by atoms with Gasteiger partial charge in [0.25, 0.3) is 0 Å². The number of cyclic esters (lactones) is 2. The Morgan fingerprint density at radius 2 is 0.680 bits per heavy atom. The number of hydrogen-bond acceptors (Lipinski definition) is 3. The van der Waals surface area contributed by atoms with E-state index < -0.39 is 11.9 Å². The van der Waals surface area contributed by atoms with Gasteiger partial charge in [0, 0.05) is 0 Å². The summed E-state index contributed by atoms with van der Waals surface area (Å²) in [4.78, 5) is 20.0. The maximum atomic E-state index is 10.0. The van der Waals surface area contributed by atoms with E-state index in [4.69, 9.17) is 0 Å². The molecule has 1 fully saturated rings. The fourth-order valence-corrected chi connectivity index (χ4v) is 0.433. The van der Waals surface area contributed by atoms with Crippen molar-refractivity contribution >= 4 is 11.9 Å². The Morgan fingerprint density at radius 1 is 0.560 bits per heavy atom. The molecule has 0 amide bonds. The number of rotatable bonds is 0. The molecule has 1 heterocycles. The number of allylic oxidation sites excluding steroid dienone is 6. The van der Waals surface area contributed by atoms with Crippen molar-refractivity contribution in [3.05, 3.63) is 75.9 Å². The summed E-state index contributed by atoms with van der Waals surface area (Å²) in [6.07, 6.45) is 11.0. The van der Waals surface area contributed by atoms with Gasteiger partial charge in [0.05, 0.1) is 12.8 Å². The lowest BCUT2D eigenvalue weighted by atomic mass is 10.4. The van der Waals surface area contributed by atoms with Crippen molar-refractivity contribution in [1.29, 1.82) is 0 Å². The average Bonchev–Trinajstić information content (AvgIpc) is 2.87. The Kier molecular flexibility index (Phi) is 88.4. The van der Waals surface area contributed by atoms with E-state index >= 15 is 0 Å². The van der Waals surface area contributed by atoms with Gasteiger partial charge in [-0.25, -0.2) is 0 Å². The van der Waals surface area contributed by atoms with E-state index in [-0.39, 0.29) is 12.8 Å². The van der Waals surface area contributed by atoms with Crippen LogP contribution >= 0.6 is 0 Å². The van der Waals surface area contributed by atoms with Crippen LogP contribution in [0.2, 0.25) is 0 Å². The summed E-state index contributed by atoms with van der Waals surface area (Å²) in [6, 6.07) is 0. The zero-order valence-electron chi connectivity index (χ0n) is 17.3. The van der Waals surface area contributed by atoms with Gasteiger partial charge in [0.1, 0.15) is 0 Å². The third-order valence-corrected chi connectivity index (χ3v) is 0.761. The molecule has 3 nitrogen and oxygen atoms in total. The van der Waals surface area contributed by atoms with Crippen molar-refractivity contribution in [2.24, 2.45) is 0 Å². The molecule has 1 saturated heterocycles. The first-order valence-corrected chi connectivity index (χ1v) is 7.94. The minimum Gasteiger partial charge on any atom is -0.393 e. The zero-order chi connectivity index (χ0) is 21.5. The van der Waals surface area contributed by atoms with Crippen molar-refractivity contribution in [2.75, 3.05) is 0 Å². The number of esters is 2. The molecule has 0 saturated carbocycles. The predicted octanol–water partition coefficient (Wildman–Crippen LogP) is 7.00. The Bertz CT molecular complexity index is 266. The van der Waals surface area contributed by atoms with E-state index in [9.17, 15) is 9.59 Å². The van der Waals surface area contributed by atoms with Crippen LogP contribution in [-0.4, -0.2) is 11.9 Å². The molecule has 0 aliphatic carbocycles. The van der Waals surface area contributed by atoms with Crippen molar-refractivity contribution in [3.63, 3.8) is 0 Å². The van der Waals surface area contributed by atoms with Crippen LogP contribution in [0.25, 0.3) is 0 Å². The highest BCUT2D eigenvalue weighted by molar-refractivity contribution is 5.92. The summed E-state index contributed by atoms with van der Waals surface area (Å²) >= 11 is 0. The van der Waals surface area contributed by atoms with Gasteiger partial charge >= 0.3 is 11.9 Å². The van der Waals surface area contributed by atoms with Gasteiger partial charge in [-0.3, -0.25) is 9.59 Å². The predicted molar refractivity (Wildman–Crippen MR) is 116 cm³/mol. The number of carbonyl (C=O) groups is 2. The molecule has 0 radical (unpaired) electrons. The SMILES string of the molecule is C=CC.C=CC.C=CC.C=CC.C=CC.C=CC.O=C1CCC(=O)O1. The van der Waals surface area contributed by atoms with Crippen LogP contribution in [0.3, 0.4) is 0 Å². The molecule has 0 unspecified atom stereocenters. The molecule has 1 aliphatic heterocycles. The summed E-state index contributed by atoms with van der Waals surface area (Å²) in [5.41, 5.74) is 0. The van der Waals surface area contributed by atoms with Crippen LogP contribution in [0.5, 0.6) is 0 Å². The first-order valence-electron chi connectivity index (χ1n) is 7.94. The molecular weight excluding hydrogens is 312 g/mol. The third kappa shape index (κ3) is 191. The minimum absolute atomic E-state index is 0.263. The number of ether oxygens (including phenoxy) is 1. The van der Waals surface area contributed by atoms with E-state index in [2.05, 4.69) is 44.2 Å². The molecule has 0 atom stereocenters. The number of carbonyl (C=O) groups excluding carboxylic acids is 2. The minimum atomic E-state index is -0.398. The fourth-order valence-electron chi connectivity index (χ4n) is 0.433. The summed E-state index contributed by atoms with van der Waals surface area (Å²) in [5, 5.41) is 0. The molecule has 25 heavy (non-hydrogen) atoms. The van der Waals surface area contributed by atoms with Crippen LogP contribution in [0, 0.1) is 0 Å². The Labute approximate surface area is 157 Å². The van der Waals surface area contributed by atoms with Gasteiger partial charge in [-0.15, -0.1) is 39.5 Å². The topological polar surface area (TPSA) is 43.4 Å². The molecule has 1 rings (SSSR count). The Hall–Kier alpha value is -2.42. The van der Waals surface area contributed by atoms with E-state index in [1.54, 1.807) is 36.5 Å². The van der Waals surface area contributed by atoms with Gasteiger partial charge in [-0.2, -0.15) is 0 Å². The monoisotopic (exact) mass is 352 g/mol. The number of hydrogen-bond donors (Lipinski definition) is 0. The molecule has 1 aliphatic rings. The first-order chi connectivity index (χ1) is 11.8. The molecule has 146 valence electrons. The molecule has 0 aromatic rings. The second-order valence-electron chi connectivity index (χ2n) is 3.80. The summed E-state index contributed by atoms with van der Waals surface area (Å²) in [5.74, 6) is -0.796. The highest BCUT2D eigenvalue weighted by Crippen LogP contribution is 2.03. The van der Waals surface area contributed by atoms with E-state index in [0.717, 1.165) is 0 Å². The van der Waals surface area contributed by atoms with Gasteiger partial charge < -0.3 is 4.74 Å². The molecule has 0 aromatic carbocycles. The van der Waals surface area contributed by atoms with Crippen LogP contribution in [0.15, 0.2) is 75.9 Å². The Morgan fingerprint density at radius 3 is 0.720 bits per heavy atom. The maximum Gasteiger partial charge on any atom is 0.314 e. The molecule has 0 spiro atoms. The second kappa shape index (κ2) is 57.8.